The van der Waals surface area contributed by atoms with Crippen LogP contribution < -0.4 is 5.32 Å². The van der Waals surface area contributed by atoms with E-state index in [-0.39, 0.29) is 16.8 Å². The zero-order valence-electron chi connectivity index (χ0n) is 9.32. The summed E-state index contributed by atoms with van der Waals surface area (Å²) in [6, 6.07) is 5.56. The van der Waals surface area contributed by atoms with Crippen molar-refractivity contribution in [3.05, 3.63) is 46.9 Å². The summed E-state index contributed by atoms with van der Waals surface area (Å²) < 4.78 is 12.8. The number of carbonyl (C=O) groups is 1. The number of nitrogens with one attached hydrogen (secondary N) is 1. The largest absolute Gasteiger partial charge is 0.305 e. The predicted octanol–water partition coefficient (Wildman–Crippen LogP) is 2.22. The molecule has 1 amide bonds. The SMILES string of the molecule is Cc1cc(C(=O)Nc2cccc(F)n2)nc(Cl)n1. The van der Waals surface area contributed by atoms with Crippen LogP contribution in [0.3, 0.4) is 0 Å². The summed E-state index contributed by atoms with van der Waals surface area (Å²) in [7, 11) is 0. The second kappa shape index (κ2) is 5.05. The minimum atomic E-state index is -0.676. The number of aryl methyl sites for hydroxylation is 1. The molecule has 0 saturated carbocycles. The number of anilines is 1. The maximum atomic E-state index is 12.8. The number of carbonyl (C=O) groups excluding carboxylic acids is 1. The van der Waals surface area contributed by atoms with Gasteiger partial charge in [-0.15, -0.1) is 0 Å². The summed E-state index contributed by atoms with van der Waals surface area (Å²) in [5.74, 6) is -1.10. The van der Waals surface area contributed by atoms with Crippen molar-refractivity contribution in [2.75, 3.05) is 5.32 Å². The molecule has 2 aromatic heterocycles. The van der Waals surface area contributed by atoms with Gasteiger partial charge < -0.3 is 5.32 Å². The van der Waals surface area contributed by atoms with E-state index in [2.05, 4.69) is 20.3 Å². The first-order chi connectivity index (χ1) is 8.54. The Morgan fingerprint density at radius 1 is 1.33 bits per heavy atom. The Morgan fingerprint density at radius 2 is 2.11 bits per heavy atom. The van der Waals surface area contributed by atoms with Gasteiger partial charge in [0.1, 0.15) is 11.5 Å². The van der Waals surface area contributed by atoms with Gasteiger partial charge in [0, 0.05) is 5.69 Å². The van der Waals surface area contributed by atoms with Crippen molar-refractivity contribution in [1.29, 1.82) is 0 Å². The molecule has 0 aliphatic carbocycles. The summed E-state index contributed by atoms with van der Waals surface area (Å²) in [5.41, 5.74) is 0.658. The molecule has 0 spiro atoms. The Hall–Kier alpha value is -2.08. The number of aromatic nitrogens is 3. The van der Waals surface area contributed by atoms with Gasteiger partial charge >= 0.3 is 0 Å². The standard InChI is InChI=1S/C11H8ClFN4O/c1-6-5-7(15-11(12)14-6)10(18)17-9-4-2-3-8(13)16-9/h2-5H,1H3,(H,16,17,18). The van der Waals surface area contributed by atoms with Gasteiger partial charge in [-0.25, -0.2) is 15.0 Å². The number of hydrogen-bond acceptors (Lipinski definition) is 4. The summed E-state index contributed by atoms with van der Waals surface area (Å²) in [4.78, 5) is 22.9. The fourth-order valence-electron chi connectivity index (χ4n) is 1.31. The molecular weight excluding hydrogens is 259 g/mol. The van der Waals surface area contributed by atoms with Crippen molar-refractivity contribution in [2.24, 2.45) is 0 Å². The van der Waals surface area contributed by atoms with E-state index >= 15 is 0 Å². The first kappa shape index (κ1) is 12.4. The third-order valence-corrected chi connectivity index (χ3v) is 2.19. The number of pyridine rings is 1. The zero-order chi connectivity index (χ0) is 13.1. The van der Waals surface area contributed by atoms with E-state index in [1.807, 2.05) is 0 Å². The number of rotatable bonds is 2. The van der Waals surface area contributed by atoms with Crippen molar-refractivity contribution in [3.63, 3.8) is 0 Å². The van der Waals surface area contributed by atoms with Crippen molar-refractivity contribution in [3.8, 4) is 0 Å². The van der Waals surface area contributed by atoms with Crippen molar-refractivity contribution < 1.29 is 9.18 Å². The molecule has 2 aromatic rings. The van der Waals surface area contributed by atoms with Crippen LogP contribution in [0.15, 0.2) is 24.3 Å². The molecule has 0 atom stereocenters. The van der Waals surface area contributed by atoms with Crippen LogP contribution in [0, 0.1) is 12.9 Å². The number of amides is 1. The van der Waals surface area contributed by atoms with E-state index in [4.69, 9.17) is 11.6 Å². The first-order valence-corrected chi connectivity index (χ1v) is 5.37. The van der Waals surface area contributed by atoms with Gasteiger partial charge in [0.15, 0.2) is 0 Å². The van der Waals surface area contributed by atoms with E-state index < -0.39 is 11.9 Å². The molecule has 0 fully saturated rings. The van der Waals surface area contributed by atoms with Crippen LogP contribution in [-0.2, 0) is 0 Å². The molecule has 1 N–H and O–H groups in total. The minimum Gasteiger partial charge on any atom is -0.305 e. The highest BCUT2D eigenvalue weighted by atomic mass is 35.5. The van der Waals surface area contributed by atoms with E-state index in [1.165, 1.54) is 24.3 Å². The van der Waals surface area contributed by atoms with Crippen molar-refractivity contribution in [2.45, 2.75) is 6.92 Å². The molecular formula is C11H8ClFN4O. The molecule has 0 bridgehead atoms. The monoisotopic (exact) mass is 266 g/mol. The Kier molecular flexibility index (Phi) is 3.47. The third-order valence-electron chi connectivity index (χ3n) is 2.02. The lowest BCUT2D eigenvalue weighted by Gasteiger charge is -2.04. The van der Waals surface area contributed by atoms with Gasteiger partial charge in [0.25, 0.3) is 5.91 Å². The maximum absolute atomic E-state index is 12.8. The third kappa shape index (κ3) is 2.98. The molecule has 2 heterocycles. The Bertz CT molecular complexity index is 585. The van der Waals surface area contributed by atoms with Gasteiger partial charge in [0.2, 0.25) is 11.2 Å². The molecule has 0 aliphatic rings. The maximum Gasteiger partial charge on any atom is 0.275 e. The number of halogens is 2. The molecule has 0 aliphatic heterocycles. The molecule has 0 radical (unpaired) electrons. The van der Waals surface area contributed by atoms with Crippen molar-refractivity contribution in [1.82, 2.24) is 15.0 Å². The zero-order valence-corrected chi connectivity index (χ0v) is 10.1. The quantitative estimate of drug-likeness (QED) is 0.668. The Labute approximate surface area is 107 Å². The molecule has 0 saturated heterocycles. The average Bonchev–Trinajstić information content (AvgIpc) is 2.27. The van der Waals surface area contributed by atoms with Crippen LogP contribution in [0.25, 0.3) is 0 Å². The average molecular weight is 267 g/mol. The molecule has 0 aromatic carbocycles. The Balaban J connectivity index is 2.22. The van der Waals surface area contributed by atoms with Gasteiger partial charge in [-0.3, -0.25) is 4.79 Å². The molecule has 92 valence electrons. The molecule has 18 heavy (non-hydrogen) atoms. The van der Waals surface area contributed by atoms with Gasteiger partial charge in [0.05, 0.1) is 0 Å². The predicted molar refractivity (Wildman–Crippen MR) is 63.9 cm³/mol. The normalized spacial score (nSPS) is 10.2. The highest BCUT2D eigenvalue weighted by Gasteiger charge is 2.11. The fourth-order valence-corrected chi connectivity index (χ4v) is 1.53. The van der Waals surface area contributed by atoms with Gasteiger partial charge in [-0.05, 0) is 36.7 Å². The summed E-state index contributed by atoms with van der Waals surface area (Å²) in [5, 5.41) is 2.39. The fraction of sp³-hybridized carbons (Fsp3) is 0.0909. The van der Waals surface area contributed by atoms with Crippen molar-refractivity contribution >= 4 is 23.3 Å². The van der Waals surface area contributed by atoms with E-state index in [0.717, 1.165) is 0 Å². The lowest BCUT2D eigenvalue weighted by molar-refractivity contribution is 0.102. The second-order valence-corrected chi connectivity index (χ2v) is 3.80. The van der Waals surface area contributed by atoms with Crippen LogP contribution >= 0.6 is 11.6 Å². The van der Waals surface area contributed by atoms with Crippen LogP contribution in [-0.4, -0.2) is 20.9 Å². The smallest absolute Gasteiger partial charge is 0.275 e. The molecule has 7 heteroatoms. The van der Waals surface area contributed by atoms with Gasteiger partial charge in [-0.1, -0.05) is 6.07 Å². The highest BCUT2D eigenvalue weighted by molar-refractivity contribution is 6.28. The van der Waals surface area contributed by atoms with Crippen LogP contribution in [0.5, 0.6) is 0 Å². The number of hydrogen-bond donors (Lipinski definition) is 1. The second-order valence-electron chi connectivity index (χ2n) is 3.46. The van der Waals surface area contributed by atoms with Crippen LogP contribution in [0.2, 0.25) is 5.28 Å². The Morgan fingerprint density at radius 3 is 2.78 bits per heavy atom. The lowest BCUT2D eigenvalue weighted by atomic mass is 10.3. The topological polar surface area (TPSA) is 67.8 Å². The molecule has 0 unspecified atom stereocenters. The highest BCUT2D eigenvalue weighted by Crippen LogP contribution is 2.09. The van der Waals surface area contributed by atoms with E-state index in [1.54, 1.807) is 6.92 Å². The summed E-state index contributed by atoms with van der Waals surface area (Å²) in [6.07, 6.45) is 0. The minimum absolute atomic E-state index is 0.0210. The van der Waals surface area contributed by atoms with Crippen LogP contribution in [0.1, 0.15) is 16.2 Å². The molecule has 5 nitrogen and oxygen atoms in total. The summed E-state index contributed by atoms with van der Waals surface area (Å²) >= 11 is 5.64. The van der Waals surface area contributed by atoms with Crippen LogP contribution in [0.4, 0.5) is 10.2 Å². The lowest BCUT2D eigenvalue weighted by Crippen LogP contribution is -2.15. The first-order valence-electron chi connectivity index (χ1n) is 5.00. The van der Waals surface area contributed by atoms with E-state index in [0.29, 0.717) is 5.69 Å². The van der Waals surface area contributed by atoms with E-state index in [9.17, 15) is 9.18 Å². The summed E-state index contributed by atoms with van der Waals surface area (Å²) in [6.45, 7) is 1.69. The van der Waals surface area contributed by atoms with Gasteiger partial charge in [-0.2, -0.15) is 4.39 Å². The number of nitrogens with zero attached hydrogens (tertiary/aromatic N) is 3. The molecule has 2 rings (SSSR count).